The predicted octanol–water partition coefficient (Wildman–Crippen LogP) is 3.02. The van der Waals surface area contributed by atoms with Gasteiger partial charge in [-0.2, -0.15) is 0 Å². The fourth-order valence-corrected chi connectivity index (χ4v) is 2.32. The number of methoxy groups -OCH3 is 1. The van der Waals surface area contributed by atoms with Crippen molar-refractivity contribution in [2.24, 2.45) is 0 Å². The molecule has 1 aliphatic rings. The number of Topliss-reactive ketones (excluding diaryl/α,β-unsaturated/α-hetero) is 1. The lowest BCUT2D eigenvalue weighted by Crippen LogP contribution is -2.23. The lowest BCUT2D eigenvalue weighted by molar-refractivity contribution is 0.0857. The average molecular weight is 272 g/mol. The van der Waals surface area contributed by atoms with Crippen molar-refractivity contribution in [2.45, 2.75) is 12.5 Å². The Morgan fingerprint density at radius 3 is 2.85 bits per heavy atom. The van der Waals surface area contributed by atoms with Crippen LogP contribution in [0.15, 0.2) is 42.5 Å². The number of ketones is 1. The lowest BCUT2D eigenvalue weighted by Gasteiger charge is -2.09. The van der Waals surface area contributed by atoms with Gasteiger partial charge < -0.3 is 9.47 Å². The number of benzene rings is 2. The van der Waals surface area contributed by atoms with Crippen LogP contribution in [0.5, 0.6) is 11.5 Å². The van der Waals surface area contributed by atoms with Gasteiger partial charge in [0.05, 0.1) is 12.7 Å². The van der Waals surface area contributed by atoms with E-state index < -0.39 is 6.10 Å². The first-order valence-corrected chi connectivity index (χ1v) is 6.31. The van der Waals surface area contributed by atoms with Crippen molar-refractivity contribution in [2.75, 3.05) is 7.11 Å². The number of carbonyl (C=O) groups excluding carboxylic acids is 1. The Morgan fingerprint density at radius 2 is 2.10 bits per heavy atom. The Labute approximate surface area is 115 Å². The molecule has 3 nitrogen and oxygen atoms in total. The molecule has 1 atom stereocenters. The quantitative estimate of drug-likeness (QED) is 0.861. The van der Waals surface area contributed by atoms with E-state index in [1.807, 2.05) is 0 Å². The molecule has 1 heterocycles. The van der Waals surface area contributed by atoms with Crippen LogP contribution in [-0.4, -0.2) is 19.0 Å². The van der Waals surface area contributed by atoms with Crippen LogP contribution in [0.4, 0.5) is 4.39 Å². The number of carbonyl (C=O) groups is 1. The third-order valence-corrected chi connectivity index (χ3v) is 3.32. The third kappa shape index (κ3) is 2.25. The molecule has 0 amide bonds. The van der Waals surface area contributed by atoms with Crippen LogP contribution in [-0.2, 0) is 6.42 Å². The van der Waals surface area contributed by atoms with Crippen LogP contribution in [0.3, 0.4) is 0 Å². The minimum atomic E-state index is -0.598. The number of hydrogen-bond donors (Lipinski definition) is 0. The monoisotopic (exact) mass is 272 g/mol. The number of ether oxygens (including phenoxy) is 2. The van der Waals surface area contributed by atoms with Crippen LogP contribution in [0.1, 0.15) is 15.9 Å². The zero-order chi connectivity index (χ0) is 14.1. The highest BCUT2D eigenvalue weighted by atomic mass is 19.1. The van der Waals surface area contributed by atoms with Crippen molar-refractivity contribution in [3.63, 3.8) is 0 Å². The molecular formula is C16H13FO3. The summed E-state index contributed by atoms with van der Waals surface area (Å²) in [6, 6.07) is 11.3. The van der Waals surface area contributed by atoms with E-state index in [0.717, 1.165) is 5.56 Å². The molecule has 3 rings (SSSR count). The van der Waals surface area contributed by atoms with Gasteiger partial charge in [-0.05, 0) is 35.9 Å². The van der Waals surface area contributed by atoms with Crippen molar-refractivity contribution in [1.29, 1.82) is 0 Å². The second-order valence-corrected chi connectivity index (χ2v) is 4.67. The highest BCUT2D eigenvalue weighted by Crippen LogP contribution is 2.33. The van der Waals surface area contributed by atoms with E-state index in [0.29, 0.717) is 23.5 Å². The van der Waals surface area contributed by atoms with Gasteiger partial charge in [-0.3, -0.25) is 4.79 Å². The SMILES string of the molecule is COc1ccc2c(c1)C(=O)[C@@H](Cc1cccc(F)c1)O2. The van der Waals surface area contributed by atoms with Crippen molar-refractivity contribution in [3.05, 3.63) is 59.4 Å². The Morgan fingerprint density at radius 1 is 1.25 bits per heavy atom. The molecule has 4 heteroatoms. The molecule has 0 N–H and O–H groups in total. The van der Waals surface area contributed by atoms with Crippen LogP contribution in [0.25, 0.3) is 0 Å². The maximum Gasteiger partial charge on any atom is 0.207 e. The molecule has 2 aromatic rings. The molecular weight excluding hydrogens is 259 g/mol. The molecule has 102 valence electrons. The second kappa shape index (κ2) is 4.96. The van der Waals surface area contributed by atoms with Crippen LogP contribution >= 0.6 is 0 Å². The number of rotatable bonds is 3. The normalized spacial score (nSPS) is 16.7. The lowest BCUT2D eigenvalue weighted by atomic mass is 10.0. The Balaban J connectivity index is 1.83. The molecule has 0 saturated heterocycles. The summed E-state index contributed by atoms with van der Waals surface area (Å²) in [5.74, 6) is 0.764. The molecule has 0 bridgehead atoms. The minimum absolute atomic E-state index is 0.0943. The topological polar surface area (TPSA) is 35.5 Å². The molecule has 1 aliphatic heterocycles. The number of hydrogen-bond acceptors (Lipinski definition) is 3. The highest BCUT2D eigenvalue weighted by Gasteiger charge is 2.32. The van der Waals surface area contributed by atoms with Crippen LogP contribution in [0.2, 0.25) is 0 Å². The molecule has 0 radical (unpaired) electrons. The van der Waals surface area contributed by atoms with Crippen molar-refractivity contribution < 1.29 is 18.7 Å². The second-order valence-electron chi connectivity index (χ2n) is 4.67. The maximum absolute atomic E-state index is 13.2. The van der Waals surface area contributed by atoms with Gasteiger partial charge in [-0.25, -0.2) is 4.39 Å². The van der Waals surface area contributed by atoms with Gasteiger partial charge in [0.15, 0.2) is 6.10 Å². The van der Waals surface area contributed by atoms with Gasteiger partial charge in [-0.1, -0.05) is 12.1 Å². The highest BCUT2D eigenvalue weighted by molar-refractivity contribution is 6.05. The maximum atomic E-state index is 13.2. The van der Waals surface area contributed by atoms with Crippen LogP contribution in [0, 0.1) is 5.82 Å². The molecule has 0 spiro atoms. The molecule has 0 fully saturated rings. The average Bonchev–Trinajstić information content (AvgIpc) is 2.75. The first-order valence-electron chi connectivity index (χ1n) is 6.31. The van der Waals surface area contributed by atoms with E-state index in [4.69, 9.17) is 9.47 Å². The zero-order valence-electron chi connectivity index (χ0n) is 10.9. The molecule has 2 aromatic carbocycles. The zero-order valence-corrected chi connectivity index (χ0v) is 10.9. The van der Waals surface area contributed by atoms with Crippen molar-refractivity contribution in [3.8, 4) is 11.5 Å². The summed E-state index contributed by atoms with van der Waals surface area (Å²) in [5.41, 5.74) is 1.26. The van der Waals surface area contributed by atoms with E-state index in [2.05, 4.69) is 0 Å². The summed E-state index contributed by atoms with van der Waals surface area (Å²) in [4.78, 5) is 12.3. The molecule has 0 saturated carbocycles. The first-order chi connectivity index (χ1) is 9.67. The van der Waals surface area contributed by atoms with E-state index in [1.54, 1.807) is 37.4 Å². The van der Waals surface area contributed by atoms with Gasteiger partial charge in [0.25, 0.3) is 0 Å². The fraction of sp³-hybridized carbons (Fsp3) is 0.188. The summed E-state index contributed by atoms with van der Waals surface area (Å²) < 4.78 is 23.9. The Bertz CT molecular complexity index is 667. The largest absolute Gasteiger partial charge is 0.497 e. The van der Waals surface area contributed by atoms with E-state index in [-0.39, 0.29) is 11.6 Å². The summed E-state index contributed by atoms with van der Waals surface area (Å²) in [5, 5.41) is 0. The fourth-order valence-electron chi connectivity index (χ4n) is 2.32. The van der Waals surface area contributed by atoms with Crippen molar-refractivity contribution in [1.82, 2.24) is 0 Å². The standard InChI is InChI=1S/C16H13FO3/c1-19-12-5-6-14-13(9-12)16(18)15(20-14)8-10-3-2-4-11(17)7-10/h2-7,9,15H,8H2,1H3/t15-/m1/s1. The van der Waals surface area contributed by atoms with Gasteiger partial charge >= 0.3 is 0 Å². The van der Waals surface area contributed by atoms with Gasteiger partial charge in [0.2, 0.25) is 5.78 Å². The molecule has 0 aromatic heterocycles. The predicted molar refractivity (Wildman–Crippen MR) is 71.8 cm³/mol. The third-order valence-electron chi connectivity index (χ3n) is 3.32. The first kappa shape index (κ1) is 12.7. The van der Waals surface area contributed by atoms with Crippen molar-refractivity contribution >= 4 is 5.78 Å². The van der Waals surface area contributed by atoms with E-state index >= 15 is 0 Å². The summed E-state index contributed by atoms with van der Waals surface area (Å²) in [7, 11) is 1.55. The van der Waals surface area contributed by atoms with E-state index in [9.17, 15) is 9.18 Å². The Kier molecular flexibility index (Phi) is 3.14. The van der Waals surface area contributed by atoms with Gasteiger partial charge in [0, 0.05) is 6.42 Å². The molecule has 0 aliphatic carbocycles. The summed E-state index contributed by atoms with van der Waals surface area (Å²) in [6.07, 6.45) is -0.243. The molecule has 20 heavy (non-hydrogen) atoms. The number of fused-ring (bicyclic) bond motifs is 1. The number of halogens is 1. The van der Waals surface area contributed by atoms with Gasteiger partial charge in [-0.15, -0.1) is 0 Å². The Hall–Kier alpha value is -2.36. The van der Waals surface area contributed by atoms with E-state index in [1.165, 1.54) is 12.1 Å². The van der Waals surface area contributed by atoms with Gasteiger partial charge in [0.1, 0.15) is 17.3 Å². The summed E-state index contributed by atoms with van der Waals surface area (Å²) in [6.45, 7) is 0. The molecule has 0 unspecified atom stereocenters. The van der Waals surface area contributed by atoms with Crippen LogP contribution < -0.4 is 9.47 Å². The summed E-state index contributed by atoms with van der Waals surface area (Å²) >= 11 is 0. The minimum Gasteiger partial charge on any atom is -0.497 e. The smallest absolute Gasteiger partial charge is 0.207 e.